The van der Waals surface area contributed by atoms with Crippen molar-refractivity contribution in [2.24, 2.45) is 5.92 Å². The summed E-state index contributed by atoms with van der Waals surface area (Å²) < 4.78 is 0. The highest BCUT2D eigenvalue weighted by Gasteiger charge is 2.10. The zero-order valence-corrected chi connectivity index (χ0v) is 11.2. The minimum atomic E-state index is -0.0345. The van der Waals surface area contributed by atoms with E-state index in [4.69, 9.17) is 5.11 Å². The molecule has 0 radical (unpaired) electrons. The monoisotopic (exact) mass is 257 g/mol. The Morgan fingerprint density at radius 2 is 2.29 bits per heavy atom. The molecule has 0 aliphatic heterocycles. The molecule has 0 bridgehead atoms. The normalized spacial score (nSPS) is 12.5. The summed E-state index contributed by atoms with van der Waals surface area (Å²) in [6.45, 7) is 5.83. The smallest absolute Gasteiger partial charge is 0.234 e. The molecule has 17 heavy (non-hydrogen) atoms. The van der Waals surface area contributed by atoms with E-state index in [1.54, 1.807) is 0 Å². The van der Waals surface area contributed by atoms with Crippen LogP contribution in [0, 0.1) is 19.8 Å². The summed E-state index contributed by atoms with van der Waals surface area (Å²) in [5.41, 5.74) is 2.43. The van der Waals surface area contributed by atoms with Crippen LogP contribution >= 0.6 is 11.8 Å². The Morgan fingerprint density at radius 3 is 2.82 bits per heavy atom. The van der Waals surface area contributed by atoms with Gasteiger partial charge in [0, 0.05) is 6.61 Å². The van der Waals surface area contributed by atoms with Gasteiger partial charge in [-0.15, -0.1) is 0 Å². The first-order valence-electron chi connectivity index (χ1n) is 5.54. The molecule has 96 valence electrons. The number of carbonyl (C=O) groups excluding carboxylic acids is 1. The van der Waals surface area contributed by atoms with Crippen LogP contribution in [0.2, 0.25) is 0 Å². The molecule has 0 fully saturated rings. The number of nitrogens with one attached hydrogen (secondary N) is 2. The molecule has 1 atom stereocenters. The fraction of sp³-hybridized carbons (Fsp3) is 0.636. The average Bonchev–Trinajstić information content (AvgIpc) is 2.60. The second-order valence-corrected chi connectivity index (χ2v) is 5.19. The summed E-state index contributed by atoms with van der Waals surface area (Å²) in [5.74, 6) is 1.37. The molecule has 1 aromatic rings. The lowest BCUT2D eigenvalue weighted by atomic mass is 10.2. The van der Waals surface area contributed by atoms with Gasteiger partial charge in [-0.3, -0.25) is 9.89 Å². The van der Waals surface area contributed by atoms with E-state index in [0.717, 1.165) is 22.8 Å². The van der Waals surface area contributed by atoms with Crippen LogP contribution in [0.1, 0.15) is 18.3 Å². The molecule has 1 unspecified atom stereocenters. The second-order valence-electron chi connectivity index (χ2n) is 4.16. The number of aromatic amines is 1. The van der Waals surface area contributed by atoms with Gasteiger partial charge in [-0.1, -0.05) is 6.92 Å². The molecule has 1 amide bonds. The molecule has 0 saturated heterocycles. The van der Waals surface area contributed by atoms with Crippen molar-refractivity contribution in [2.45, 2.75) is 20.8 Å². The summed E-state index contributed by atoms with van der Waals surface area (Å²) in [5, 5.41) is 18.5. The van der Waals surface area contributed by atoms with Gasteiger partial charge in [-0.25, -0.2) is 0 Å². The Morgan fingerprint density at radius 1 is 1.59 bits per heavy atom. The van der Waals surface area contributed by atoms with Crippen LogP contribution in [0.25, 0.3) is 0 Å². The van der Waals surface area contributed by atoms with Crippen LogP contribution < -0.4 is 5.32 Å². The maximum Gasteiger partial charge on any atom is 0.234 e. The van der Waals surface area contributed by atoms with Gasteiger partial charge >= 0.3 is 0 Å². The number of H-pyrrole nitrogens is 1. The van der Waals surface area contributed by atoms with Gasteiger partial charge < -0.3 is 10.4 Å². The van der Waals surface area contributed by atoms with Crippen molar-refractivity contribution in [3.8, 4) is 0 Å². The van der Waals surface area contributed by atoms with Crippen LogP contribution in [0.5, 0.6) is 0 Å². The molecular formula is C11H19N3O2S. The Hall–Kier alpha value is -1.01. The van der Waals surface area contributed by atoms with Crippen LogP contribution in [-0.2, 0) is 4.79 Å². The van der Waals surface area contributed by atoms with E-state index in [1.807, 2.05) is 20.8 Å². The van der Waals surface area contributed by atoms with Crippen LogP contribution in [-0.4, -0.2) is 39.3 Å². The summed E-state index contributed by atoms with van der Waals surface area (Å²) in [7, 11) is 0. The number of aliphatic hydroxyl groups excluding tert-OH is 1. The Balaban J connectivity index is 2.35. The van der Waals surface area contributed by atoms with Gasteiger partial charge in [-0.05, 0) is 25.5 Å². The van der Waals surface area contributed by atoms with E-state index >= 15 is 0 Å². The highest BCUT2D eigenvalue weighted by Crippen LogP contribution is 2.16. The van der Waals surface area contributed by atoms with Gasteiger partial charge in [0.05, 0.1) is 22.8 Å². The minimum Gasteiger partial charge on any atom is -0.396 e. The Kier molecular flexibility index (Phi) is 5.50. The lowest BCUT2D eigenvalue weighted by Crippen LogP contribution is -2.16. The molecule has 0 aliphatic rings. The quantitative estimate of drug-likeness (QED) is 0.718. The van der Waals surface area contributed by atoms with Crippen molar-refractivity contribution in [3.63, 3.8) is 0 Å². The van der Waals surface area contributed by atoms with Crippen molar-refractivity contribution in [3.05, 3.63) is 11.4 Å². The summed E-state index contributed by atoms with van der Waals surface area (Å²) in [6, 6.07) is 0. The number of thioether (sulfide) groups is 1. The van der Waals surface area contributed by atoms with Gasteiger partial charge in [-0.2, -0.15) is 16.9 Å². The number of aryl methyl sites for hydroxylation is 2. The first-order valence-corrected chi connectivity index (χ1v) is 6.70. The van der Waals surface area contributed by atoms with E-state index < -0.39 is 0 Å². The van der Waals surface area contributed by atoms with Gasteiger partial charge in [0.15, 0.2) is 0 Å². The third-order valence-electron chi connectivity index (χ3n) is 2.34. The fourth-order valence-electron chi connectivity index (χ4n) is 1.32. The van der Waals surface area contributed by atoms with Gasteiger partial charge in [0.1, 0.15) is 0 Å². The van der Waals surface area contributed by atoms with E-state index in [-0.39, 0.29) is 18.4 Å². The van der Waals surface area contributed by atoms with Crippen molar-refractivity contribution >= 4 is 23.4 Å². The molecule has 1 aromatic heterocycles. The summed E-state index contributed by atoms with van der Waals surface area (Å²) >= 11 is 1.52. The molecular weight excluding hydrogens is 238 g/mol. The zero-order chi connectivity index (χ0) is 12.8. The van der Waals surface area contributed by atoms with E-state index in [0.29, 0.717) is 5.75 Å². The lowest BCUT2D eigenvalue weighted by Gasteiger charge is -2.08. The number of anilines is 1. The third kappa shape index (κ3) is 4.40. The topological polar surface area (TPSA) is 78.0 Å². The molecule has 0 aromatic carbocycles. The highest BCUT2D eigenvalue weighted by molar-refractivity contribution is 7.99. The second kappa shape index (κ2) is 6.66. The lowest BCUT2D eigenvalue weighted by molar-refractivity contribution is -0.113. The van der Waals surface area contributed by atoms with Crippen LogP contribution in [0.3, 0.4) is 0 Å². The summed E-state index contributed by atoms with van der Waals surface area (Å²) in [6.07, 6.45) is 0. The molecule has 0 aliphatic carbocycles. The van der Waals surface area contributed by atoms with Crippen LogP contribution in [0.15, 0.2) is 0 Å². The van der Waals surface area contributed by atoms with Gasteiger partial charge in [0.2, 0.25) is 5.91 Å². The van der Waals surface area contributed by atoms with Crippen LogP contribution in [0.4, 0.5) is 5.69 Å². The Labute approximate surface area is 105 Å². The maximum absolute atomic E-state index is 11.6. The average molecular weight is 257 g/mol. The van der Waals surface area contributed by atoms with E-state index in [9.17, 15) is 4.79 Å². The zero-order valence-electron chi connectivity index (χ0n) is 10.4. The van der Waals surface area contributed by atoms with Crippen molar-refractivity contribution in [2.75, 3.05) is 23.4 Å². The van der Waals surface area contributed by atoms with Crippen molar-refractivity contribution in [1.82, 2.24) is 10.2 Å². The van der Waals surface area contributed by atoms with E-state index in [1.165, 1.54) is 11.8 Å². The highest BCUT2D eigenvalue weighted by atomic mass is 32.2. The van der Waals surface area contributed by atoms with Gasteiger partial charge in [0.25, 0.3) is 0 Å². The number of hydrogen-bond donors (Lipinski definition) is 3. The number of hydrogen-bond acceptors (Lipinski definition) is 4. The first kappa shape index (κ1) is 14.1. The SMILES string of the molecule is Cc1n[nH]c(C)c1NC(=O)CSCC(C)CO. The first-order chi connectivity index (χ1) is 8.04. The molecule has 0 spiro atoms. The largest absolute Gasteiger partial charge is 0.396 e. The third-order valence-corrected chi connectivity index (χ3v) is 3.61. The summed E-state index contributed by atoms with van der Waals surface area (Å²) in [4.78, 5) is 11.6. The maximum atomic E-state index is 11.6. The molecule has 5 nitrogen and oxygen atoms in total. The van der Waals surface area contributed by atoms with E-state index in [2.05, 4.69) is 15.5 Å². The molecule has 1 heterocycles. The molecule has 3 N–H and O–H groups in total. The molecule has 6 heteroatoms. The predicted octanol–water partition coefficient (Wildman–Crippen LogP) is 1.33. The minimum absolute atomic E-state index is 0.0345. The Bertz CT molecular complexity index is 359. The number of nitrogens with zero attached hydrogens (tertiary/aromatic N) is 1. The van der Waals surface area contributed by atoms with Crippen molar-refractivity contribution < 1.29 is 9.90 Å². The molecule has 0 saturated carbocycles. The predicted molar refractivity (Wildman–Crippen MR) is 70.3 cm³/mol. The standard InChI is InChI=1S/C11H19N3O2S/c1-7(4-15)5-17-6-10(16)12-11-8(2)13-14-9(11)3/h7,15H,4-6H2,1-3H3,(H,12,16)(H,13,14). The number of aliphatic hydroxyl groups is 1. The van der Waals surface area contributed by atoms with Crippen molar-refractivity contribution in [1.29, 1.82) is 0 Å². The number of aromatic nitrogens is 2. The number of amides is 1. The number of rotatable bonds is 6. The number of carbonyl (C=O) groups is 1. The molecule has 1 rings (SSSR count). The fourth-order valence-corrected chi connectivity index (χ4v) is 2.20.